The Balaban J connectivity index is 1.74. The van der Waals surface area contributed by atoms with E-state index < -0.39 is 30.6 Å². The van der Waals surface area contributed by atoms with Gasteiger partial charge in [-0.15, -0.1) is 0 Å². The first-order valence-corrected chi connectivity index (χ1v) is 12.8. The fourth-order valence-corrected chi connectivity index (χ4v) is 4.74. The number of halogens is 4. The van der Waals surface area contributed by atoms with Crippen LogP contribution in [0, 0.1) is 12.8 Å². The predicted molar refractivity (Wildman–Crippen MR) is 135 cm³/mol. The number of rotatable bonds is 11. The zero-order chi connectivity index (χ0) is 28.3. The maximum absolute atomic E-state index is 14.6. The summed E-state index contributed by atoms with van der Waals surface area (Å²) < 4.78 is 68.9. The molecule has 1 fully saturated rings. The summed E-state index contributed by atoms with van der Waals surface area (Å²) in [5.41, 5.74) is 1.26. The maximum atomic E-state index is 14.6. The Morgan fingerprint density at radius 1 is 1.23 bits per heavy atom. The smallest absolute Gasteiger partial charge is 0.414 e. The van der Waals surface area contributed by atoms with Crippen LogP contribution in [-0.4, -0.2) is 69.9 Å². The normalized spacial score (nSPS) is 15.2. The Kier molecular flexibility index (Phi) is 8.45. The van der Waals surface area contributed by atoms with Crippen LogP contribution in [-0.2, 0) is 0 Å². The summed E-state index contributed by atoms with van der Waals surface area (Å²) in [4.78, 5) is 26.7. The first-order valence-electron chi connectivity index (χ1n) is 12.8. The fraction of sp³-hybridized carbons (Fsp3) is 0.538. The van der Waals surface area contributed by atoms with Crippen LogP contribution in [0.1, 0.15) is 50.0 Å². The van der Waals surface area contributed by atoms with Crippen molar-refractivity contribution in [3.05, 3.63) is 36.0 Å². The van der Waals surface area contributed by atoms with E-state index in [9.17, 15) is 22.4 Å². The SMILES string of the molecule is CCN(C(=O)NC(CCCF)C1CC1)[C@@H](c1cc(-c2cn3cc(C)nc3c(OC)n2)c(OC)cn1)C(F)(F)F. The quantitative estimate of drug-likeness (QED) is 0.326. The number of amides is 2. The van der Waals surface area contributed by atoms with E-state index in [0.717, 1.165) is 12.8 Å². The van der Waals surface area contributed by atoms with E-state index in [0.29, 0.717) is 22.7 Å². The number of imidazole rings is 1. The van der Waals surface area contributed by atoms with Gasteiger partial charge in [-0.25, -0.2) is 14.8 Å². The Bertz CT molecular complexity index is 1310. The van der Waals surface area contributed by atoms with E-state index in [2.05, 4.69) is 20.3 Å². The highest BCUT2D eigenvalue weighted by molar-refractivity contribution is 5.76. The van der Waals surface area contributed by atoms with Gasteiger partial charge >= 0.3 is 12.2 Å². The van der Waals surface area contributed by atoms with Gasteiger partial charge in [0.25, 0.3) is 5.88 Å². The second-order valence-corrected chi connectivity index (χ2v) is 9.51. The lowest BCUT2D eigenvalue weighted by molar-refractivity contribution is -0.179. The summed E-state index contributed by atoms with van der Waals surface area (Å²) in [5, 5.41) is 2.72. The predicted octanol–water partition coefficient (Wildman–Crippen LogP) is 5.28. The molecule has 1 aliphatic carbocycles. The third kappa shape index (κ3) is 6.17. The molecule has 0 aromatic carbocycles. The minimum absolute atomic E-state index is 0.150. The lowest BCUT2D eigenvalue weighted by atomic mass is 10.1. The van der Waals surface area contributed by atoms with Crippen molar-refractivity contribution >= 4 is 11.7 Å². The molecule has 1 N–H and O–H groups in total. The number of alkyl halides is 4. The number of hydrogen-bond acceptors (Lipinski definition) is 6. The molecule has 39 heavy (non-hydrogen) atoms. The number of carbonyl (C=O) groups excluding carboxylic acids is 1. The topological polar surface area (TPSA) is 93.9 Å². The largest absolute Gasteiger partial charge is 0.494 e. The highest BCUT2D eigenvalue weighted by atomic mass is 19.4. The van der Waals surface area contributed by atoms with E-state index in [1.165, 1.54) is 33.4 Å². The zero-order valence-electron chi connectivity index (χ0n) is 22.3. The molecular weight excluding hydrogens is 520 g/mol. The van der Waals surface area contributed by atoms with E-state index in [-0.39, 0.29) is 47.8 Å². The molecule has 0 bridgehead atoms. The number of methoxy groups -OCH3 is 2. The molecule has 0 saturated heterocycles. The van der Waals surface area contributed by atoms with Crippen LogP contribution < -0.4 is 14.8 Å². The molecule has 0 radical (unpaired) electrons. The molecule has 4 rings (SSSR count). The standard InChI is InChI=1S/C26H32F4N6O3/c1-5-36(25(37)34-18(7-6-10-27)16-8-9-16)22(26(28,29)30)19-11-17(21(38-3)12-31-19)20-14-35-13-15(2)32-23(35)24(33-20)39-4/h11-14,16,18,22H,5-10H2,1-4H3,(H,34,37)/t18?,22-/m0/s1. The number of pyridine rings is 1. The van der Waals surface area contributed by atoms with Gasteiger partial charge in [0.15, 0.2) is 6.04 Å². The van der Waals surface area contributed by atoms with Crippen molar-refractivity contribution in [3.8, 4) is 22.9 Å². The average Bonchev–Trinajstić information content (AvgIpc) is 3.68. The number of carbonyl (C=O) groups is 1. The van der Waals surface area contributed by atoms with Gasteiger partial charge in [-0.1, -0.05) is 0 Å². The Hall–Kier alpha value is -3.64. The molecule has 3 heterocycles. The number of aromatic nitrogens is 4. The van der Waals surface area contributed by atoms with Crippen LogP contribution in [0.2, 0.25) is 0 Å². The summed E-state index contributed by atoms with van der Waals surface area (Å²) in [5.74, 6) is 0.525. The van der Waals surface area contributed by atoms with E-state index in [1.807, 2.05) is 0 Å². The van der Waals surface area contributed by atoms with Crippen LogP contribution in [0.3, 0.4) is 0 Å². The van der Waals surface area contributed by atoms with Gasteiger partial charge in [-0.2, -0.15) is 13.2 Å². The van der Waals surface area contributed by atoms with Crippen LogP contribution in [0.15, 0.2) is 24.7 Å². The molecular formula is C26H32F4N6O3. The van der Waals surface area contributed by atoms with Crippen LogP contribution in [0.25, 0.3) is 16.9 Å². The summed E-state index contributed by atoms with van der Waals surface area (Å²) in [6, 6.07) is -2.36. The number of ether oxygens (including phenoxy) is 2. The second kappa shape index (κ2) is 11.6. The van der Waals surface area contributed by atoms with E-state index in [1.54, 1.807) is 23.7 Å². The molecule has 1 saturated carbocycles. The van der Waals surface area contributed by atoms with Crippen LogP contribution >= 0.6 is 0 Å². The molecule has 2 atom stereocenters. The molecule has 0 aliphatic heterocycles. The summed E-state index contributed by atoms with van der Waals surface area (Å²) >= 11 is 0. The van der Waals surface area contributed by atoms with Gasteiger partial charge in [-0.3, -0.25) is 9.37 Å². The first kappa shape index (κ1) is 28.4. The van der Waals surface area contributed by atoms with Gasteiger partial charge in [0, 0.05) is 30.5 Å². The van der Waals surface area contributed by atoms with Crippen molar-refractivity contribution in [3.63, 3.8) is 0 Å². The Labute approximate surface area is 223 Å². The highest BCUT2D eigenvalue weighted by Crippen LogP contribution is 2.41. The zero-order valence-corrected chi connectivity index (χ0v) is 22.3. The summed E-state index contributed by atoms with van der Waals surface area (Å²) in [7, 11) is 2.80. The number of fused-ring (bicyclic) bond motifs is 1. The molecule has 1 aliphatic rings. The maximum Gasteiger partial charge on any atom is 0.414 e. The van der Waals surface area contributed by atoms with E-state index in [4.69, 9.17) is 9.47 Å². The molecule has 3 aromatic heterocycles. The third-order valence-electron chi connectivity index (χ3n) is 6.76. The van der Waals surface area contributed by atoms with Crippen molar-refractivity contribution in [2.45, 2.75) is 57.8 Å². The van der Waals surface area contributed by atoms with Gasteiger partial charge < -0.3 is 24.1 Å². The van der Waals surface area contributed by atoms with Gasteiger partial charge in [-0.05, 0) is 51.5 Å². The molecule has 2 amide bonds. The third-order valence-corrected chi connectivity index (χ3v) is 6.76. The molecule has 212 valence electrons. The lowest BCUT2D eigenvalue weighted by Gasteiger charge is -2.33. The second-order valence-electron chi connectivity index (χ2n) is 9.51. The molecule has 9 nitrogen and oxygen atoms in total. The van der Waals surface area contributed by atoms with E-state index >= 15 is 0 Å². The number of urea groups is 1. The molecule has 3 aromatic rings. The number of aryl methyl sites for hydroxylation is 1. The number of hydrogen-bond donors (Lipinski definition) is 1. The Morgan fingerprint density at radius 3 is 2.56 bits per heavy atom. The minimum Gasteiger partial charge on any atom is -0.494 e. The van der Waals surface area contributed by atoms with Crippen LogP contribution in [0.4, 0.5) is 22.4 Å². The van der Waals surface area contributed by atoms with Crippen molar-refractivity contribution in [2.75, 3.05) is 27.4 Å². The fourth-order valence-electron chi connectivity index (χ4n) is 4.74. The highest BCUT2D eigenvalue weighted by Gasteiger charge is 2.48. The number of nitrogens with zero attached hydrogens (tertiary/aromatic N) is 5. The van der Waals surface area contributed by atoms with Crippen molar-refractivity contribution in [2.24, 2.45) is 5.92 Å². The minimum atomic E-state index is -4.84. The van der Waals surface area contributed by atoms with Crippen molar-refractivity contribution < 1.29 is 31.8 Å². The number of nitrogens with one attached hydrogen (secondary N) is 1. The van der Waals surface area contributed by atoms with Crippen molar-refractivity contribution in [1.29, 1.82) is 0 Å². The monoisotopic (exact) mass is 552 g/mol. The molecule has 1 unspecified atom stereocenters. The molecule has 0 spiro atoms. The Morgan fingerprint density at radius 2 is 1.97 bits per heavy atom. The van der Waals surface area contributed by atoms with Crippen LogP contribution in [0.5, 0.6) is 11.6 Å². The average molecular weight is 553 g/mol. The first-order chi connectivity index (χ1) is 18.6. The lowest BCUT2D eigenvalue weighted by Crippen LogP contribution is -2.50. The summed E-state index contributed by atoms with van der Waals surface area (Å²) in [6.45, 7) is 2.48. The van der Waals surface area contributed by atoms with Crippen molar-refractivity contribution in [1.82, 2.24) is 29.6 Å². The summed E-state index contributed by atoms with van der Waals surface area (Å²) in [6.07, 6.45) is 2.00. The van der Waals surface area contributed by atoms with Gasteiger partial charge in [0.1, 0.15) is 5.75 Å². The molecule has 13 heteroatoms. The van der Waals surface area contributed by atoms with Gasteiger partial charge in [0.2, 0.25) is 5.65 Å². The van der Waals surface area contributed by atoms with Gasteiger partial charge in [0.05, 0.1) is 44.2 Å².